The van der Waals surface area contributed by atoms with Crippen LogP contribution in [0.4, 0.5) is 0 Å². The van der Waals surface area contributed by atoms with Crippen molar-refractivity contribution < 1.29 is 24.5 Å². The second kappa shape index (κ2) is 55.7. The van der Waals surface area contributed by atoms with Gasteiger partial charge >= 0.3 is 5.97 Å². The molecule has 0 rings (SSSR count). The van der Waals surface area contributed by atoms with E-state index in [0.29, 0.717) is 25.9 Å². The van der Waals surface area contributed by atoms with Gasteiger partial charge in [0.05, 0.1) is 25.4 Å². The summed E-state index contributed by atoms with van der Waals surface area (Å²) in [5, 5.41) is 23.3. The van der Waals surface area contributed by atoms with Crippen molar-refractivity contribution in [3.63, 3.8) is 0 Å². The summed E-state index contributed by atoms with van der Waals surface area (Å²) in [5.41, 5.74) is 0. The lowest BCUT2D eigenvalue weighted by Gasteiger charge is -2.22. The molecule has 0 saturated carbocycles. The number of aliphatic hydroxyl groups excluding tert-OH is 2. The predicted molar refractivity (Wildman–Crippen MR) is 287 cm³/mol. The van der Waals surface area contributed by atoms with Crippen LogP contribution in [0.5, 0.6) is 0 Å². The normalized spacial score (nSPS) is 12.8. The van der Waals surface area contributed by atoms with Gasteiger partial charge in [0.2, 0.25) is 5.91 Å². The predicted octanol–water partition coefficient (Wildman–Crippen LogP) is 18.0. The van der Waals surface area contributed by atoms with E-state index in [1.165, 1.54) is 199 Å². The number of unbranched alkanes of at least 4 members (excludes halogenated alkanes) is 38. The van der Waals surface area contributed by atoms with Crippen LogP contribution in [0, 0.1) is 0 Å². The lowest BCUT2D eigenvalue weighted by molar-refractivity contribution is -0.143. The van der Waals surface area contributed by atoms with Crippen molar-refractivity contribution in [1.82, 2.24) is 5.32 Å². The quantitative estimate of drug-likeness (QED) is 0.0244. The largest absolute Gasteiger partial charge is 0.466 e. The Balaban J connectivity index is 3.51. The van der Waals surface area contributed by atoms with Gasteiger partial charge < -0.3 is 20.3 Å². The van der Waals surface area contributed by atoms with Crippen molar-refractivity contribution in [3.8, 4) is 0 Å². The first-order valence-electron chi connectivity index (χ1n) is 29.3. The maximum Gasteiger partial charge on any atom is 0.305 e. The Morgan fingerprint density at radius 1 is 0.424 bits per heavy atom. The van der Waals surface area contributed by atoms with Gasteiger partial charge in [-0.25, -0.2) is 0 Å². The number of ether oxygens (including phenoxy) is 1. The van der Waals surface area contributed by atoms with Crippen LogP contribution in [0.2, 0.25) is 0 Å². The van der Waals surface area contributed by atoms with Gasteiger partial charge in [-0.05, 0) is 83.5 Å². The number of nitrogens with one attached hydrogen (secondary N) is 1. The molecular formula is C60H113NO5. The van der Waals surface area contributed by atoms with Gasteiger partial charge in [-0.3, -0.25) is 9.59 Å². The molecule has 6 heteroatoms. The maximum atomic E-state index is 12.5. The van der Waals surface area contributed by atoms with E-state index in [-0.39, 0.29) is 18.5 Å². The lowest BCUT2D eigenvalue weighted by Crippen LogP contribution is -2.45. The molecule has 2 unspecified atom stereocenters. The van der Waals surface area contributed by atoms with Crippen molar-refractivity contribution >= 4 is 11.9 Å². The molecule has 0 radical (unpaired) electrons. The van der Waals surface area contributed by atoms with Crippen LogP contribution in [-0.4, -0.2) is 47.4 Å². The monoisotopic (exact) mass is 928 g/mol. The van der Waals surface area contributed by atoms with E-state index in [1.807, 2.05) is 0 Å². The average Bonchev–Trinajstić information content (AvgIpc) is 3.32. The fourth-order valence-electron chi connectivity index (χ4n) is 8.92. The topological polar surface area (TPSA) is 95.9 Å². The first kappa shape index (κ1) is 64.1. The Hall–Kier alpha value is -1.92. The molecule has 0 aromatic rings. The molecule has 0 saturated heterocycles. The average molecular weight is 929 g/mol. The number of carbonyl (C=O) groups is 2. The van der Waals surface area contributed by atoms with Gasteiger partial charge in [-0.15, -0.1) is 0 Å². The maximum absolute atomic E-state index is 12.5. The van der Waals surface area contributed by atoms with Crippen molar-refractivity contribution in [3.05, 3.63) is 36.5 Å². The van der Waals surface area contributed by atoms with E-state index >= 15 is 0 Å². The molecule has 0 spiro atoms. The van der Waals surface area contributed by atoms with Crippen LogP contribution in [0.25, 0.3) is 0 Å². The van der Waals surface area contributed by atoms with Gasteiger partial charge in [-0.2, -0.15) is 0 Å². The standard InChI is InChI=1S/C60H113NO5/c1-3-5-7-9-11-13-15-17-19-21-24-28-32-36-40-44-48-52-58(63)57(56-62)61-59(64)53-49-45-41-37-33-29-25-23-27-31-35-39-43-47-51-55-66-60(65)54-50-46-42-38-34-30-26-22-20-18-16-14-12-10-8-6-4-2/h18,20,23,27,31,35,57-58,62-63H,3-17,19,21-22,24-26,28-30,32-34,36-56H2,1-2H3,(H,61,64)/b20-18-,27-23-,35-31-. The number of hydrogen-bond donors (Lipinski definition) is 3. The fraction of sp³-hybridized carbons (Fsp3) is 0.867. The molecule has 388 valence electrons. The lowest BCUT2D eigenvalue weighted by atomic mass is 10.0. The summed E-state index contributed by atoms with van der Waals surface area (Å²) >= 11 is 0. The molecule has 1 amide bonds. The minimum absolute atomic E-state index is 0.0248. The van der Waals surface area contributed by atoms with Crippen LogP contribution >= 0.6 is 0 Å². The number of carbonyl (C=O) groups excluding carboxylic acids is 2. The van der Waals surface area contributed by atoms with Gasteiger partial charge in [0.25, 0.3) is 0 Å². The third kappa shape index (κ3) is 51.5. The first-order chi connectivity index (χ1) is 32.5. The molecule has 0 aliphatic rings. The summed E-state index contributed by atoms with van der Waals surface area (Å²) in [6, 6.07) is -0.559. The Labute approximate surface area is 411 Å². The summed E-state index contributed by atoms with van der Waals surface area (Å²) in [4.78, 5) is 24.5. The summed E-state index contributed by atoms with van der Waals surface area (Å²) in [7, 11) is 0. The van der Waals surface area contributed by atoms with Crippen molar-refractivity contribution in [1.29, 1.82) is 0 Å². The molecule has 6 nitrogen and oxygen atoms in total. The Kier molecular flexibility index (Phi) is 54.1. The van der Waals surface area contributed by atoms with Crippen LogP contribution in [0.1, 0.15) is 309 Å². The molecule has 0 bridgehead atoms. The van der Waals surface area contributed by atoms with Gasteiger partial charge in [0.1, 0.15) is 0 Å². The third-order valence-electron chi connectivity index (χ3n) is 13.4. The summed E-state index contributed by atoms with van der Waals surface area (Å²) in [6.45, 7) is 4.90. The first-order valence-corrected chi connectivity index (χ1v) is 29.3. The highest BCUT2D eigenvalue weighted by Gasteiger charge is 2.20. The molecule has 3 N–H and O–H groups in total. The fourth-order valence-corrected chi connectivity index (χ4v) is 8.92. The highest BCUT2D eigenvalue weighted by Crippen LogP contribution is 2.17. The number of hydrogen-bond acceptors (Lipinski definition) is 5. The summed E-state index contributed by atoms with van der Waals surface area (Å²) < 4.78 is 5.45. The molecule has 66 heavy (non-hydrogen) atoms. The molecular weight excluding hydrogens is 815 g/mol. The van der Waals surface area contributed by atoms with Crippen LogP contribution < -0.4 is 5.32 Å². The minimum atomic E-state index is -0.679. The van der Waals surface area contributed by atoms with Crippen molar-refractivity contribution in [2.75, 3.05) is 13.2 Å². The second-order valence-electron chi connectivity index (χ2n) is 20.0. The van der Waals surface area contributed by atoms with E-state index in [2.05, 4.69) is 55.6 Å². The summed E-state index contributed by atoms with van der Waals surface area (Å²) in [6.07, 6.45) is 68.5. The van der Waals surface area contributed by atoms with E-state index in [4.69, 9.17) is 4.74 Å². The zero-order chi connectivity index (χ0) is 47.9. The Morgan fingerprint density at radius 3 is 1.17 bits per heavy atom. The smallest absolute Gasteiger partial charge is 0.305 e. The van der Waals surface area contributed by atoms with E-state index in [0.717, 1.165) is 77.0 Å². The zero-order valence-electron chi connectivity index (χ0n) is 44.2. The SMILES string of the molecule is CCCCCCCC/C=C\CCCCCCCCCC(=O)OCCCCC/C=C\C=C/CCCCCCCCC(=O)NC(CO)C(O)CCCCCCCCCCCCCCCCCCC. The highest BCUT2D eigenvalue weighted by molar-refractivity contribution is 5.76. The summed E-state index contributed by atoms with van der Waals surface area (Å²) in [5.74, 6) is -0.0811. The van der Waals surface area contributed by atoms with Crippen molar-refractivity contribution in [2.45, 2.75) is 321 Å². The molecule has 0 fully saturated rings. The zero-order valence-corrected chi connectivity index (χ0v) is 44.2. The van der Waals surface area contributed by atoms with E-state index < -0.39 is 12.1 Å². The second-order valence-corrected chi connectivity index (χ2v) is 20.0. The van der Waals surface area contributed by atoms with Crippen LogP contribution in [-0.2, 0) is 14.3 Å². The molecule has 0 heterocycles. The van der Waals surface area contributed by atoms with E-state index in [9.17, 15) is 19.8 Å². The molecule has 0 aliphatic heterocycles. The Bertz CT molecular complexity index is 1070. The highest BCUT2D eigenvalue weighted by atomic mass is 16.5. The number of aliphatic hydroxyl groups is 2. The molecule has 0 aliphatic carbocycles. The van der Waals surface area contributed by atoms with Crippen LogP contribution in [0.3, 0.4) is 0 Å². The molecule has 0 aromatic heterocycles. The number of allylic oxidation sites excluding steroid dienone is 6. The van der Waals surface area contributed by atoms with Crippen LogP contribution in [0.15, 0.2) is 36.5 Å². The van der Waals surface area contributed by atoms with E-state index in [1.54, 1.807) is 0 Å². The molecule has 2 atom stereocenters. The van der Waals surface area contributed by atoms with Gasteiger partial charge in [-0.1, -0.05) is 249 Å². The third-order valence-corrected chi connectivity index (χ3v) is 13.4. The van der Waals surface area contributed by atoms with Gasteiger partial charge in [0.15, 0.2) is 0 Å². The molecule has 0 aromatic carbocycles. The number of esters is 1. The number of amides is 1. The van der Waals surface area contributed by atoms with Gasteiger partial charge in [0, 0.05) is 12.8 Å². The Morgan fingerprint density at radius 2 is 0.758 bits per heavy atom. The number of rotatable bonds is 54. The van der Waals surface area contributed by atoms with Crippen molar-refractivity contribution in [2.24, 2.45) is 0 Å². The minimum Gasteiger partial charge on any atom is -0.466 e.